The van der Waals surface area contributed by atoms with Gasteiger partial charge in [-0.2, -0.15) is 0 Å². The molecular weight excluding hydrogens is 369 g/mol. The quantitative estimate of drug-likeness (QED) is 0.608. The molecule has 0 aromatic heterocycles. The molecule has 0 heterocycles. The zero-order valence-corrected chi connectivity index (χ0v) is 12.9. The van der Waals surface area contributed by atoms with Crippen molar-refractivity contribution in [3.8, 4) is 0 Å². The van der Waals surface area contributed by atoms with Crippen molar-refractivity contribution in [2.75, 3.05) is 0 Å². The number of carbonyl (C=O) groups is 1. The molecule has 0 aliphatic rings. The molecule has 106 valence electrons. The summed E-state index contributed by atoms with van der Waals surface area (Å²) in [6, 6.07) is 15.1. The van der Waals surface area contributed by atoms with Crippen LogP contribution in [0.1, 0.15) is 15.9 Å². The monoisotopic (exact) mass is 379 g/mol. The molecule has 2 rings (SSSR count). The van der Waals surface area contributed by atoms with E-state index in [4.69, 9.17) is 0 Å². The predicted octanol–water partition coefficient (Wildman–Crippen LogP) is 2.70. The van der Waals surface area contributed by atoms with Gasteiger partial charge in [-0.15, -0.1) is 35.9 Å². The summed E-state index contributed by atoms with van der Waals surface area (Å²) in [6.45, 7) is 1.84. The fourth-order valence-electron chi connectivity index (χ4n) is 1.45. The van der Waals surface area contributed by atoms with Crippen LogP contribution in [-0.2, 0) is 30.4 Å². The SMILES string of the molecule is Cc1ccc(S(=O)(=O)[N-]C(=O)c2[c-]cccc2)cc1.[Pd+2]. The van der Waals surface area contributed by atoms with Crippen LogP contribution in [0.4, 0.5) is 0 Å². The summed E-state index contributed by atoms with van der Waals surface area (Å²) in [5.74, 6) is -0.818. The summed E-state index contributed by atoms with van der Waals surface area (Å²) in [6.07, 6.45) is 0. The van der Waals surface area contributed by atoms with Crippen LogP contribution >= 0.6 is 0 Å². The van der Waals surface area contributed by atoms with Gasteiger partial charge in [-0.25, -0.2) is 8.42 Å². The molecule has 6 heteroatoms. The minimum atomic E-state index is -3.97. The van der Waals surface area contributed by atoms with Crippen LogP contribution < -0.4 is 0 Å². The van der Waals surface area contributed by atoms with Gasteiger partial charge in [-0.05, 0) is 19.1 Å². The van der Waals surface area contributed by atoms with Gasteiger partial charge in [-0.3, -0.25) is 0 Å². The van der Waals surface area contributed by atoms with Gasteiger partial charge < -0.3 is 9.52 Å². The minimum Gasteiger partial charge on any atom is -0.583 e. The summed E-state index contributed by atoms with van der Waals surface area (Å²) in [5, 5.41) is 0. The Hall–Kier alpha value is -1.48. The standard InChI is InChI=1S/C14H12NO3S.Pd/c1-11-7-9-13(10-8-11)19(17,18)15-14(16)12-5-3-2-4-6-12;/h2-5,7-10H,1H3,(H,15,16);/q-1;+2/p-1. The largest absolute Gasteiger partial charge is 2.00 e. The second-order valence-corrected chi connectivity index (χ2v) is 5.56. The average Bonchev–Trinajstić information content (AvgIpc) is 2.40. The van der Waals surface area contributed by atoms with Crippen LogP contribution in [0.15, 0.2) is 53.4 Å². The molecule has 1 amide bonds. The van der Waals surface area contributed by atoms with Crippen molar-refractivity contribution in [2.24, 2.45) is 0 Å². The summed E-state index contributed by atoms with van der Waals surface area (Å²) < 4.78 is 27.1. The van der Waals surface area contributed by atoms with Crippen molar-refractivity contribution in [3.05, 3.63) is 70.4 Å². The Morgan fingerprint density at radius 3 is 2.30 bits per heavy atom. The van der Waals surface area contributed by atoms with Crippen LogP contribution in [-0.4, -0.2) is 14.3 Å². The first kappa shape index (κ1) is 16.6. The molecule has 0 fully saturated rings. The number of amides is 1. The smallest absolute Gasteiger partial charge is 0.583 e. The van der Waals surface area contributed by atoms with Crippen molar-refractivity contribution < 1.29 is 33.6 Å². The molecule has 0 saturated heterocycles. The molecule has 0 N–H and O–H groups in total. The Balaban J connectivity index is 0.00000200. The van der Waals surface area contributed by atoms with Gasteiger partial charge in [0.05, 0.1) is 4.90 Å². The van der Waals surface area contributed by atoms with Gasteiger partial charge in [0.25, 0.3) is 0 Å². The van der Waals surface area contributed by atoms with E-state index in [0.717, 1.165) is 5.56 Å². The van der Waals surface area contributed by atoms with E-state index in [1.165, 1.54) is 24.3 Å². The molecule has 4 nitrogen and oxygen atoms in total. The minimum absolute atomic E-state index is 0. The molecular formula is C14H11NO3PdS. The maximum atomic E-state index is 11.9. The molecule has 2 aromatic rings. The third-order valence-electron chi connectivity index (χ3n) is 2.46. The fourth-order valence-corrected chi connectivity index (χ4v) is 2.35. The first-order chi connectivity index (χ1) is 8.99. The first-order valence-electron chi connectivity index (χ1n) is 5.55. The van der Waals surface area contributed by atoms with E-state index >= 15 is 0 Å². The molecule has 0 atom stereocenters. The van der Waals surface area contributed by atoms with Crippen molar-refractivity contribution in [1.29, 1.82) is 0 Å². The number of sulfonamides is 1. The molecule has 0 aliphatic carbocycles. The van der Waals surface area contributed by atoms with Crippen molar-refractivity contribution >= 4 is 15.9 Å². The van der Waals surface area contributed by atoms with E-state index in [0.29, 0.717) is 0 Å². The summed E-state index contributed by atoms with van der Waals surface area (Å²) >= 11 is 0. The maximum absolute atomic E-state index is 11.9. The summed E-state index contributed by atoms with van der Waals surface area (Å²) in [5.41, 5.74) is 1.06. The molecule has 0 unspecified atom stereocenters. The Labute approximate surface area is 131 Å². The van der Waals surface area contributed by atoms with Crippen LogP contribution in [0.25, 0.3) is 4.72 Å². The topological polar surface area (TPSA) is 65.3 Å². The number of benzene rings is 2. The molecule has 2 aromatic carbocycles. The molecule has 20 heavy (non-hydrogen) atoms. The van der Waals surface area contributed by atoms with Crippen LogP contribution in [0.5, 0.6) is 0 Å². The van der Waals surface area contributed by atoms with Gasteiger partial charge in [0.2, 0.25) is 0 Å². The van der Waals surface area contributed by atoms with Crippen LogP contribution in [0.3, 0.4) is 0 Å². The van der Waals surface area contributed by atoms with Gasteiger partial charge >= 0.3 is 20.4 Å². The van der Waals surface area contributed by atoms with Crippen LogP contribution in [0.2, 0.25) is 0 Å². The van der Waals surface area contributed by atoms with E-state index in [-0.39, 0.29) is 30.9 Å². The number of hydrogen-bond donors (Lipinski definition) is 0. The van der Waals surface area contributed by atoms with E-state index < -0.39 is 15.9 Å². The summed E-state index contributed by atoms with van der Waals surface area (Å²) in [7, 11) is -3.97. The van der Waals surface area contributed by atoms with E-state index in [2.05, 4.69) is 10.8 Å². The van der Waals surface area contributed by atoms with Crippen molar-refractivity contribution in [1.82, 2.24) is 0 Å². The van der Waals surface area contributed by atoms with Crippen molar-refractivity contribution in [2.45, 2.75) is 11.8 Å². The number of aryl methyl sites for hydroxylation is 1. The average molecular weight is 380 g/mol. The second-order valence-electron chi connectivity index (χ2n) is 3.96. The third-order valence-corrected chi connectivity index (χ3v) is 3.74. The number of nitrogens with zero attached hydrogens (tertiary/aromatic N) is 1. The molecule has 0 radical (unpaired) electrons. The Morgan fingerprint density at radius 1 is 1.10 bits per heavy atom. The molecule has 0 bridgehead atoms. The maximum Gasteiger partial charge on any atom is 2.00 e. The van der Waals surface area contributed by atoms with Crippen molar-refractivity contribution in [3.63, 3.8) is 0 Å². The van der Waals surface area contributed by atoms with E-state index in [1.54, 1.807) is 24.3 Å². The Bertz CT molecular complexity index is 682. The molecule has 0 spiro atoms. The van der Waals surface area contributed by atoms with Gasteiger partial charge in [0.1, 0.15) is 10.0 Å². The van der Waals surface area contributed by atoms with E-state index in [9.17, 15) is 13.2 Å². The molecule has 0 saturated carbocycles. The third kappa shape index (κ3) is 4.01. The first-order valence-corrected chi connectivity index (χ1v) is 6.99. The zero-order chi connectivity index (χ0) is 13.9. The normalized spacial score (nSPS) is 10.4. The Kier molecular flexibility index (Phi) is 5.64. The molecule has 0 aliphatic heterocycles. The number of rotatable bonds is 3. The van der Waals surface area contributed by atoms with E-state index in [1.807, 2.05) is 6.92 Å². The fraction of sp³-hybridized carbons (Fsp3) is 0.0714. The predicted molar refractivity (Wildman–Crippen MR) is 71.3 cm³/mol. The van der Waals surface area contributed by atoms with Gasteiger partial charge in [-0.1, -0.05) is 17.7 Å². The second kappa shape index (κ2) is 6.80. The van der Waals surface area contributed by atoms with Gasteiger partial charge in [0.15, 0.2) is 0 Å². The number of carbonyl (C=O) groups excluding carboxylic acids is 1. The Morgan fingerprint density at radius 2 is 1.75 bits per heavy atom. The van der Waals surface area contributed by atoms with Crippen LogP contribution in [0, 0.1) is 13.0 Å². The van der Waals surface area contributed by atoms with Gasteiger partial charge in [0, 0.05) is 5.91 Å². The zero-order valence-electron chi connectivity index (χ0n) is 10.5. The summed E-state index contributed by atoms with van der Waals surface area (Å²) in [4.78, 5) is 11.7. The number of hydrogen-bond acceptors (Lipinski definition) is 3.